The van der Waals surface area contributed by atoms with Crippen molar-refractivity contribution in [2.24, 2.45) is 7.05 Å². The Hall–Kier alpha value is -2.33. The third-order valence-corrected chi connectivity index (χ3v) is 7.62. The van der Waals surface area contributed by atoms with E-state index in [4.69, 9.17) is 9.47 Å². The van der Waals surface area contributed by atoms with Crippen LogP contribution in [0.5, 0.6) is 11.5 Å². The van der Waals surface area contributed by atoms with Crippen molar-refractivity contribution in [1.29, 1.82) is 0 Å². The van der Waals surface area contributed by atoms with Crippen molar-refractivity contribution in [1.82, 2.24) is 18.7 Å². The summed E-state index contributed by atoms with van der Waals surface area (Å²) in [6.07, 6.45) is 3.24. The first-order chi connectivity index (χ1) is 13.9. The summed E-state index contributed by atoms with van der Waals surface area (Å²) in [5.74, 6) is 1.93. The summed E-state index contributed by atoms with van der Waals surface area (Å²) in [6.45, 7) is 0.664. The third kappa shape index (κ3) is 3.55. The molecule has 0 spiro atoms. The summed E-state index contributed by atoms with van der Waals surface area (Å²) >= 11 is 0. The number of aryl methyl sites for hydroxylation is 1. The lowest BCUT2D eigenvalue weighted by atomic mass is 10.1. The van der Waals surface area contributed by atoms with Crippen LogP contribution < -0.4 is 15.2 Å². The van der Waals surface area contributed by atoms with E-state index in [1.54, 1.807) is 23.7 Å². The highest BCUT2D eigenvalue weighted by molar-refractivity contribution is 7.89. The number of benzene rings is 1. The molecular weight excluding hydrogens is 396 g/mol. The molecule has 1 aromatic carbocycles. The molecule has 158 valence electrons. The second-order valence-corrected chi connectivity index (χ2v) is 9.47. The molecule has 29 heavy (non-hydrogen) atoms. The van der Waals surface area contributed by atoms with Crippen LogP contribution in [0.4, 0.5) is 0 Å². The van der Waals surface area contributed by atoms with E-state index in [2.05, 4.69) is 5.10 Å². The number of hydrogen-bond acceptors (Lipinski definition) is 6. The Kier molecular flexibility index (Phi) is 5.16. The van der Waals surface area contributed by atoms with E-state index in [1.807, 2.05) is 0 Å². The van der Waals surface area contributed by atoms with Crippen LogP contribution in [0.1, 0.15) is 43.5 Å². The molecule has 1 saturated carbocycles. The maximum atomic E-state index is 13.2. The van der Waals surface area contributed by atoms with Crippen LogP contribution in [0, 0.1) is 0 Å². The fourth-order valence-electron chi connectivity index (χ4n) is 3.93. The summed E-state index contributed by atoms with van der Waals surface area (Å²) < 4.78 is 41.6. The zero-order valence-electron chi connectivity index (χ0n) is 16.9. The van der Waals surface area contributed by atoms with E-state index in [9.17, 15) is 13.2 Å². The van der Waals surface area contributed by atoms with Gasteiger partial charge >= 0.3 is 5.69 Å². The van der Waals surface area contributed by atoms with Gasteiger partial charge in [0.15, 0.2) is 0 Å². The standard InChI is InChI=1S/C19H26N4O5S/c1-21-19(24)23(18(20-21)13-4-5-13)14-8-10-22(11-9-14)29(25,26)17-12-15(27-2)6-7-16(17)28-3/h6-7,12-14H,4-5,8-11H2,1-3H3. The average Bonchev–Trinajstić information content (AvgIpc) is 3.53. The lowest BCUT2D eigenvalue weighted by Gasteiger charge is -2.32. The summed E-state index contributed by atoms with van der Waals surface area (Å²) in [4.78, 5) is 12.7. The number of nitrogens with zero attached hydrogens (tertiary/aromatic N) is 4. The molecule has 1 aliphatic carbocycles. The van der Waals surface area contributed by atoms with Crippen LogP contribution in [0.15, 0.2) is 27.9 Å². The fourth-order valence-corrected chi connectivity index (χ4v) is 5.57. The van der Waals surface area contributed by atoms with Gasteiger partial charge in [0.05, 0.1) is 14.2 Å². The zero-order chi connectivity index (χ0) is 20.8. The average molecular weight is 423 g/mol. The molecule has 4 rings (SSSR count). The monoisotopic (exact) mass is 422 g/mol. The molecule has 2 aliphatic rings. The van der Waals surface area contributed by atoms with Gasteiger partial charge in [0, 0.05) is 38.2 Å². The molecule has 1 saturated heterocycles. The maximum Gasteiger partial charge on any atom is 0.345 e. The second kappa shape index (κ2) is 7.49. The molecule has 0 bridgehead atoms. The van der Waals surface area contributed by atoms with Crippen LogP contribution >= 0.6 is 0 Å². The number of methoxy groups -OCH3 is 2. The van der Waals surface area contributed by atoms with Crippen molar-refractivity contribution >= 4 is 10.0 Å². The molecule has 10 heteroatoms. The predicted octanol–water partition coefficient (Wildman–Crippen LogP) is 1.50. The van der Waals surface area contributed by atoms with Crippen molar-refractivity contribution in [2.45, 2.75) is 42.5 Å². The minimum absolute atomic E-state index is 0.0366. The quantitative estimate of drug-likeness (QED) is 0.700. The molecule has 1 aromatic heterocycles. The fraction of sp³-hybridized carbons (Fsp3) is 0.579. The van der Waals surface area contributed by atoms with E-state index in [0.29, 0.717) is 37.6 Å². The molecule has 0 radical (unpaired) electrons. The highest BCUT2D eigenvalue weighted by Gasteiger charge is 2.36. The van der Waals surface area contributed by atoms with Crippen molar-refractivity contribution in [3.8, 4) is 11.5 Å². The van der Waals surface area contributed by atoms with Gasteiger partial charge in [-0.25, -0.2) is 17.9 Å². The van der Waals surface area contributed by atoms with Gasteiger partial charge in [0.25, 0.3) is 0 Å². The summed E-state index contributed by atoms with van der Waals surface area (Å²) in [5, 5.41) is 4.41. The minimum Gasteiger partial charge on any atom is -0.497 e. The topological polar surface area (TPSA) is 95.7 Å². The lowest BCUT2D eigenvalue weighted by molar-refractivity contribution is 0.265. The second-order valence-electron chi connectivity index (χ2n) is 7.56. The van der Waals surface area contributed by atoms with Gasteiger partial charge < -0.3 is 9.47 Å². The molecule has 0 amide bonds. The van der Waals surface area contributed by atoms with Gasteiger partial charge in [-0.05, 0) is 37.8 Å². The van der Waals surface area contributed by atoms with Gasteiger partial charge in [-0.3, -0.25) is 4.57 Å². The molecule has 2 aromatic rings. The van der Waals surface area contributed by atoms with E-state index >= 15 is 0 Å². The predicted molar refractivity (Wildman–Crippen MR) is 106 cm³/mol. The normalized spacial score (nSPS) is 18.7. The SMILES string of the molecule is COc1ccc(OC)c(S(=O)(=O)N2CCC(n3c(C4CC4)nn(C)c3=O)CC2)c1. The maximum absolute atomic E-state index is 13.2. The molecule has 9 nitrogen and oxygen atoms in total. The Morgan fingerprint density at radius 1 is 1.07 bits per heavy atom. The number of rotatable bonds is 6. The van der Waals surface area contributed by atoms with Gasteiger partial charge in [-0.2, -0.15) is 9.40 Å². The van der Waals surface area contributed by atoms with Crippen LogP contribution in [0.2, 0.25) is 0 Å². The summed E-state index contributed by atoms with van der Waals surface area (Å²) in [7, 11) is 0.863. The third-order valence-electron chi connectivity index (χ3n) is 5.70. The van der Waals surface area contributed by atoms with Crippen molar-refractivity contribution < 1.29 is 17.9 Å². The van der Waals surface area contributed by atoms with Crippen molar-refractivity contribution in [2.75, 3.05) is 27.3 Å². The molecule has 1 aliphatic heterocycles. The first kappa shape index (κ1) is 20.0. The van der Waals surface area contributed by atoms with Crippen LogP contribution in [-0.4, -0.2) is 54.4 Å². The van der Waals surface area contributed by atoms with Gasteiger partial charge in [-0.15, -0.1) is 0 Å². The molecule has 2 heterocycles. The number of hydrogen-bond donors (Lipinski definition) is 0. The van der Waals surface area contributed by atoms with E-state index in [-0.39, 0.29) is 22.4 Å². The first-order valence-corrected chi connectivity index (χ1v) is 11.2. The van der Waals surface area contributed by atoms with E-state index < -0.39 is 10.0 Å². The van der Waals surface area contributed by atoms with Gasteiger partial charge in [0.1, 0.15) is 22.2 Å². The number of piperidine rings is 1. The number of ether oxygens (including phenoxy) is 2. The van der Waals surface area contributed by atoms with E-state index in [1.165, 1.54) is 29.3 Å². The van der Waals surface area contributed by atoms with Gasteiger partial charge in [-0.1, -0.05) is 0 Å². The summed E-state index contributed by atoms with van der Waals surface area (Å²) in [5.41, 5.74) is -0.123. The Labute approximate surface area is 169 Å². The van der Waals surface area contributed by atoms with Crippen LogP contribution in [-0.2, 0) is 17.1 Å². The Morgan fingerprint density at radius 3 is 2.34 bits per heavy atom. The molecule has 0 atom stereocenters. The minimum atomic E-state index is -3.74. The molecule has 0 unspecified atom stereocenters. The van der Waals surface area contributed by atoms with Crippen molar-refractivity contribution in [3.63, 3.8) is 0 Å². The van der Waals surface area contributed by atoms with Crippen LogP contribution in [0.3, 0.4) is 0 Å². The highest BCUT2D eigenvalue weighted by atomic mass is 32.2. The zero-order valence-corrected chi connectivity index (χ0v) is 17.7. The smallest absolute Gasteiger partial charge is 0.345 e. The summed E-state index contributed by atoms with van der Waals surface area (Å²) in [6, 6.07) is 4.70. The first-order valence-electron chi connectivity index (χ1n) is 9.74. The Morgan fingerprint density at radius 2 is 1.76 bits per heavy atom. The Balaban J connectivity index is 1.57. The Bertz CT molecular complexity index is 1060. The molecule has 2 fully saturated rings. The number of sulfonamides is 1. The van der Waals surface area contributed by atoms with Crippen LogP contribution in [0.25, 0.3) is 0 Å². The molecule has 0 N–H and O–H groups in total. The lowest BCUT2D eigenvalue weighted by Crippen LogP contribution is -2.41. The van der Waals surface area contributed by atoms with Gasteiger partial charge in [0.2, 0.25) is 10.0 Å². The van der Waals surface area contributed by atoms with Crippen molar-refractivity contribution in [3.05, 3.63) is 34.5 Å². The number of aromatic nitrogens is 3. The highest BCUT2D eigenvalue weighted by Crippen LogP contribution is 2.40. The van der Waals surface area contributed by atoms with E-state index in [0.717, 1.165) is 18.7 Å². The molecular formula is C19H26N4O5S. The largest absolute Gasteiger partial charge is 0.497 e.